The van der Waals surface area contributed by atoms with E-state index < -0.39 is 0 Å². The zero-order valence-electron chi connectivity index (χ0n) is 14.7. The minimum Gasteiger partial charge on any atom is -0.298 e. The number of aromatic nitrogens is 1. The zero-order valence-corrected chi connectivity index (χ0v) is 16.3. The molecule has 134 valence electrons. The minimum absolute atomic E-state index is 0.586. The number of benzene rings is 4. The number of hydrogen-bond acceptors (Lipinski definition) is 3. The number of nitrogens with zero attached hydrogens (tertiary/aromatic N) is 1. The van der Waals surface area contributed by atoms with Crippen molar-refractivity contribution in [3.63, 3.8) is 0 Å². The second-order valence-corrected chi connectivity index (χ2v) is 7.93. The van der Waals surface area contributed by atoms with E-state index in [1.165, 1.54) is 0 Å². The fourth-order valence-electron chi connectivity index (χ4n) is 3.59. The summed E-state index contributed by atoms with van der Waals surface area (Å²) in [5.41, 5.74) is 4.52. The average molecular weight is 400 g/mol. The summed E-state index contributed by atoms with van der Waals surface area (Å²) in [5, 5.41) is 3.46. The molecule has 4 aromatic carbocycles. The van der Waals surface area contributed by atoms with E-state index in [9.17, 15) is 4.79 Å². The molecule has 0 aliphatic carbocycles. The number of aldehydes is 1. The third-order valence-electron chi connectivity index (χ3n) is 4.86. The van der Waals surface area contributed by atoms with Gasteiger partial charge in [0.25, 0.3) is 0 Å². The number of hydrogen-bond donors (Lipinski definition) is 0. The first-order valence-electron chi connectivity index (χ1n) is 8.88. The number of carbonyl (C=O) groups is 1. The highest BCUT2D eigenvalue weighted by Crippen LogP contribution is 2.42. The highest BCUT2D eigenvalue weighted by Gasteiger charge is 2.17. The third kappa shape index (κ3) is 2.71. The van der Waals surface area contributed by atoms with Crippen molar-refractivity contribution in [2.24, 2.45) is 0 Å². The van der Waals surface area contributed by atoms with Gasteiger partial charge in [0.1, 0.15) is 5.01 Å². The number of rotatable bonds is 3. The molecule has 28 heavy (non-hydrogen) atoms. The molecule has 0 unspecified atom stereocenters. The molecule has 0 aliphatic heterocycles. The van der Waals surface area contributed by atoms with E-state index in [1.807, 2.05) is 54.6 Å². The summed E-state index contributed by atoms with van der Waals surface area (Å²) in [7, 11) is 0. The predicted octanol–water partition coefficient (Wildman–Crippen LogP) is 7.25. The van der Waals surface area contributed by atoms with Crippen molar-refractivity contribution in [2.45, 2.75) is 0 Å². The minimum atomic E-state index is 0.586. The van der Waals surface area contributed by atoms with Crippen LogP contribution < -0.4 is 0 Å². The molecule has 0 spiro atoms. The lowest BCUT2D eigenvalue weighted by atomic mass is 9.93. The van der Waals surface area contributed by atoms with Crippen molar-refractivity contribution in [3.8, 4) is 21.7 Å². The van der Waals surface area contributed by atoms with E-state index in [0.29, 0.717) is 10.6 Å². The Kier molecular flexibility index (Phi) is 4.19. The first-order chi connectivity index (χ1) is 13.8. The third-order valence-corrected chi connectivity index (χ3v) is 6.32. The molecular weight excluding hydrogens is 386 g/mol. The molecule has 5 aromatic rings. The molecule has 0 saturated heterocycles. The van der Waals surface area contributed by atoms with Crippen molar-refractivity contribution in [2.75, 3.05) is 0 Å². The fraction of sp³-hybridized carbons (Fsp3) is 0. The van der Waals surface area contributed by atoms with Gasteiger partial charge in [-0.1, -0.05) is 78.3 Å². The quantitative estimate of drug-likeness (QED) is 0.299. The Hall–Kier alpha value is -3.01. The molecule has 0 N–H and O–H groups in total. The van der Waals surface area contributed by atoms with E-state index in [4.69, 9.17) is 16.6 Å². The monoisotopic (exact) mass is 399 g/mol. The second-order valence-electron chi connectivity index (χ2n) is 6.52. The maximum atomic E-state index is 11.9. The molecule has 0 fully saturated rings. The summed E-state index contributed by atoms with van der Waals surface area (Å²) < 4.78 is 1.07. The molecule has 0 radical (unpaired) electrons. The summed E-state index contributed by atoms with van der Waals surface area (Å²) in [6.07, 6.45) is 0.881. The van der Waals surface area contributed by atoms with Gasteiger partial charge in [-0.25, -0.2) is 4.98 Å². The number of thiazole rings is 1. The average Bonchev–Trinajstić information content (AvgIpc) is 3.19. The van der Waals surface area contributed by atoms with E-state index in [0.717, 1.165) is 49.0 Å². The molecule has 4 heteroatoms. The van der Waals surface area contributed by atoms with Crippen LogP contribution in [0.3, 0.4) is 0 Å². The lowest BCUT2D eigenvalue weighted by Crippen LogP contribution is -1.91. The Morgan fingerprint density at radius 2 is 1.61 bits per heavy atom. The van der Waals surface area contributed by atoms with Crippen molar-refractivity contribution in [3.05, 3.63) is 89.4 Å². The van der Waals surface area contributed by atoms with E-state index >= 15 is 0 Å². The Morgan fingerprint density at radius 1 is 0.857 bits per heavy atom. The largest absolute Gasteiger partial charge is 0.298 e. The lowest BCUT2D eigenvalue weighted by molar-refractivity contribution is 0.112. The Balaban J connectivity index is 1.84. The van der Waals surface area contributed by atoms with Crippen molar-refractivity contribution < 1.29 is 4.79 Å². The van der Waals surface area contributed by atoms with Crippen LogP contribution in [0, 0.1) is 0 Å². The maximum absolute atomic E-state index is 11.9. The summed E-state index contributed by atoms with van der Waals surface area (Å²) in [4.78, 5) is 16.7. The van der Waals surface area contributed by atoms with Crippen LogP contribution in [0.2, 0.25) is 5.02 Å². The molecule has 0 bridgehead atoms. The summed E-state index contributed by atoms with van der Waals surface area (Å²) in [5.74, 6) is 0. The van der Waals surface area contributed by atoms with Crippen LogP contribution in [-0.2, 0) is 0 Å². The molecule has 2 nitrogen and oxygen atoms in total. The molecule has 1 aromatic heterocycles. The molecule has 0 saturated carbocycles. The Labute approximate surface area is 171 Å². The highest BCUT2D eigenvalue weighted by atomic mass is 35.5. The van der Waals surface area contributed by atoms with E-state index in [-0.39, 0.29) is 0 Å². The summed E-state index contributed by atoms with van der Waals surface area (Å²) >= 11 is 8.08. The standard InChI is InChI=1S/C24H14ClNOS/c25-20-13-16(14-27)22(18-10-5-4-9-17(18)20)19-11-6-12-21-23(19)28-24(26-21)15-7-2-1-3-8-15/h1-14H. The number of halogens is 1. The predicted molar refractivity (Wildman–Crippen MR) is 118 cm³/mol. The molecule has 0 amide bonds. The van der Waals surface area contributed by atoms with Gasteiger partial charge in [0.2, 0.25) is 0 Å². The smallest absolute Gasteiger partial charge is 0.150 e. The van der Waals surface area contributed by atoms with Gasteiger partial charge < -0.3 is 0 Å². The summed E-state index contributed by atoms with van der Waals surface area (Å²) in [6, 6.07) is 25.9. The Bertz CT molecular complexity index is 1340. The fourth-order valence-corrected chi connectivity index (χ4v) is 4.97. The second kappa shape index (κ2) is 6.86. The van der Waals surface area contributed by atoms with Gasteiger partial charge in [-0.2, -0.15) is 0 Å². The van der Waals surface area contributed by atoms with Crippen LogP contribution in [0.15, 0.2) is 78.9 Å². The lowest BCUT2D eigenvalue weighted by Gasteiger charge is -2.12. The first kappa shape index (κ1) is 17.1. The van der Waals surface area contributed by atoms with Gasteiger partial charge in [-0.3, -0.25) is 4.79 Å². The molecule has 1 heterocycles. The molecule has 0 aliphatic rings. The van der Waals surface area contributed by atoms with Gasteiger partial charge in [-0.05, 0) is 17.5 Å². The van der Waals surface area contributed by atoms with Crippen LogP contribution in [0.5, 0.6) is 0 Å². The maximum Gasteiger partial charge on any atom is 0.150 e. The number of fused-ring (bicyclic) bond motifs is 2. The van der Waals surface area contributed by atoms with Gasteiger partial charge in [0.15, 0.2) is 6.29 Å². The first-order valence-corrected chi connectivity index (χ1v) is 10.1. The SMILES string of the molecule is O=Cc1cc(Cl)c2ccccc2c1-c1cccc2nc(-c3ccccc3)sc12. The molecular formula is C24H14ClNOS. The van der Waals surface area contributed by atoms with Gasteiger partial charge in [0, 0.05) is 32.7 Å². The van der Waals surface area contributed by atoms with Gasteiger partial charge >= 0.3 is 0 Å². The van der Waals surface area contributed by atoms with Crippen molar-refractivity contribution >= 4 is 50.2 Å². The molecule has 0 atom stereocenters. The van der Waals surface area contributed by atoms with Gasteiger partial charge in [0.05, 0.1) is 10.2 Å². The van der Waals surface area contributed by atoms with E-state index in [2.05, 4.69) is 18.2 Å². The topological polar surface area (TPSA) is 30.0 Å². The Morgan fingerprint density at radius 3 is 2.39 bits per heavy atom. The van der Waals surface area contributed by atoms with Crippen molar-refractivity contribution in [1.29, 1.82) is 0 Å². The van der Waals surface area contributed by atoms with Crippen LogP contribution in [0.1, 0.15) is 10.4 Å². The van der Waals surface area contributed by atoms with Crippen molar-refractivity contribution in [1.82, 2.24) is 4.98 Å². The van der Waals surface area contributed by atoms with Crippen LogP contribution in [0.25, 0.3) is 42.7 Å². The molecule has 5 rings (SSSR count). The summed E-state index contributed by atoms with van der Waals surface area (Å²) in [6.45, 7) is 0. The van der Waals surface area contributed by atoms with E-state index in [1.54, 1.807) is 17.4 Å². The van der Waals surface area contributed by atoms with Gasteiger partial charge in [-0.15, -0.1) is 11.3 Å². The van der Waals surface area contributed by atoms with Crippen LogP contribution in [0.4, 0.5) is 0 Å². The highest BCUT2D eigenvalue weighted by molar-refractivity contribution is 7.22. The number of carbonyl (C=O) groups excluding carboxylic acids is 1. The van der Waals surface area contributed by atoms with Crippen LogP contribution in [-0.4, -0.2) is 11.3 Å². The van der Waals surface area contributed by atoms with Crippen LogP contribution >= 0.6 is 22.9 Å². The normalized spacial score (nSPS) is 11.2. The zero-order chi connectivity index (χ0) is 19.1.